The van der Waals surface area contributed by atoms with Crippen LogP contribution in [-0.4, -0.2) is 9.55 Å². The van der Waals surface area contributed by atoms with Crippen molar-refractivity contribution in [1.82, 2.24) is 9.55 Å². The maximum Gasteiger partial charge on any atom is 0.178 e. The van der Waals surface area contributed by atoms with Gasteiger partial charge in [0.1, 0.15) is 5.82 Å². The van der Waals surface area contributed by atoms with E-state index < -0.39 is 5.82 Å². The molecule has 20 heavy (non-hydrogen) atoms. The SMILES string of the molecule is CC1CCCC(n2c(=S)[nH]c3cc(F)c(Cl)cc32)C1C. The van der Waals surface area contributed by atoms with Gasteiger partial charge in [0.05, 0.1) is 16.1 Å². The number of halogens is 2. The molecule has 2 nitrogen and oxygen atoms in total. The van der Waals surface area contributed by atoms with Crippen LogP contribution in [0.1, 0.15) is 39.2 Å². The fourth-order valence-electron chi connectivity index (χ4n) is 3.37. The molecule has 0 saturated heterocycles. The maximum absolute atomic E-state index is 13.6. The quantitative estimate of drug-likeness (QED) is 0.691. The minimum Gasteiger partial charge on any atom is -0.330 e. The largest absolute Gasteiger partial charge is 0.330 e. The van der Waals surface area contributed by atoms with Gasteiger partial charge in [-0.25, -0.2) is 4.39 Å². The Morgan fingerprint density at radius 2 is 2.10 bits per heavy atom. The van der Waals surface area contributed by atoms with Crippen LogP contribution < -0.4 is 0 Å². The molecule has 3 unspecified atom stereocenters. The van der Waals surface area contributed by atoms with Gasteiger partial charge in [0.2, 0.25) is 0 Å². The molecular weight excluding hydrogens is 295 g/mol. The lowest BCUT2D eigenvalue weighted by Gasteiger charge is -2.35. The normalized spacial score (nSPS) is 27.1. The van der Waals surface area contributed by atoms with Crippen molar-refractivity contribution in [2.45, 2.75) is 39.2 Å². The molecule has 1 aromatic heterocycles. The van der Waals surface area contributed by atoms with Crippen molar-refractivity contribution in [3.05, 3.63) is 27.7 Å². The van der Waals surface area contributed by atoms with Gasteiger partial charge in [-0.1, -0.05) is 38.3 Å². The lowest BCUT2D eigenvalue weighted by molar-refractivity contribution is 0.188. The van der Waals surface area contributed by atoms with Crippen molar-refractivity contribution in [2.24, 2.45) is 11.8 Å². The summed E-state index contributed by atoms with van der Waals surface area (Å²) >= 11 is 11.4. The molecule has 1 aliphatic carbocycles. The van der Waals surface area contributed by atoms with Crippen molar-refractivity contribution in [3.63, 3.8) is 0 Å². The number of imidazole rings is 1. The number of aromatic nitrogens is 2. The van der Waals surface area contributed by atoms with Crippen LogP contribution in [0.25, 0.3) is 11.0 Å². The molecule has 0 radical (unpaired) electrons. The van der Waals surface area contributed by atoms with Crippen LogP contribution in [0.3, 0.4) is 0 Å². The number of nitrogens with zero attached hydrogens (tertiary/aromatic N) is 1. The van der Waals surface area contributed by atoms with E-state index in [1.165, 1.54) is 18.9 Å². The summed E-state index contributed by atoms with van der Waals surface area (Å²) < 4.78 is 16.4. The van der Waals surface area contributed by atoms with Crippen molar-refractivity contribution in [1.29, 1.82) is 0 Å². The summed E-state index contributed by atoms with van der Waals surface area (Å²) in [5, 5.41) is 0.150. The highest BCUT2D eigenvalue weighted by Gasteiger charge is 2.29. The molecule has 1 N–H and O–H groups in total. The van der Waals surface area contributed by atoms with Gasteiger partial charge >= 0.3 is 0 Å². The number of rotatable bonds is 1. The van der Waals surface area contributed by atoms with Gasteiger partial charge in [-0.15, -0.1) is 0 Å². The first-order valence-corrected chi connectivity index (χ1v) is 7.87. The van der Waals surface area contributed by atoms with E-state index in [9.17, 15) is 4.39 Å². The molecule has 3 rings (SSSR count). The van der Waals surface area contributed by atoms with Crippen molar-refractivity contribution in [3.8, 4) is 0 Å². The Balaban J connectivity index is 2.18. The molecule has 1 heterocycles. The van der Waals surface area contributed by atoms with Gasteiger partial charge in [-0.05, 0) is 36.5 Å². The molecule has 3 atom stereocenters. The van der Waals surface area contributed by atoms with E-state index in [0.29, 0.717) is 22.6 Å². The molecule has 0 amide bonds. The first-order chi connectivity index (χ1) is 9.49. The minimum atomic E-state index is -0.410. The molecule has 5 heteroatoms. The predicted molar refractivity (Wildman–Crippen MR) is 83.3 cm³/mol. The van der Waals surface area contributed by atoms with Gasteiger partial charge in [-0.3, -0.25) is 0 Å². The number of H-pyrrole nitrogens is 1. The van der Waals surface area contributed by atoms with Gasteiger partial charge in [0.25, 0.3) is 0 Å². The zero-order chi connectivity index (χ0) is 14.4. The Kier molecular flexibility index (Phi) is 3.63. The summed E-state index contributed by atoms with van der Waals surface area (Å²) in [6.45, 7) is 4.57. The lowest BCUT2D eigenvalue weighted by Crippen LogP contribution is -2.27. The highest BCUT2D eigenvalue weighted by atomic mass is 35.5. The average Bonchev–Trinajstić information content (AvgIpc) is 2.69. The molecular formula is C15H18ClFN2S. The molecule has 1 saturated carbocycles. The molecule has 1 fully saturated rings. The first-order valence-electron chi connectivity index (χ1n) is 7.08. The Hall–Kier alpha value is -0.870. The number of benzene rings is 1. The van der Waals surface area contributed by atoms with E-state index in [1.807, 2.05) is 0 Å². The number of aromatic amines is 1. The standard InChI is InChI=1S/C15H18ClFN2S/c1-8-4-3-5-13(9(8)2)19-14-6-10(16)11(17)7-12(14)18-15(19)20/h6-9,13H,3-5H2,1-2H3,(H,18,20). The molecule has 1 aliphatic rings. The van der Waals surface area contributed by atoms with Crippen molar-refractivity contribution >= 4 is 34.9 Å². The summed E-state index contributed by atoms with van der Waals surface area (Å²) in [7, 11) is 0. The summed E-state index contributed by atoms with van der Waals surface area (Å²) in [5.74, 6) is 0.822. The number of fused-ring (bicyclic) bond motifs is 1. The molecule has 0 spiro atoms. The Morgan fingerprint density at radius 3 is 2.85 bits per heavy atom. The van der Waals surface area contributed by atoms with Gasteiger partial charge in [0, 0.05) is 12.1 Å². The summed E-state index contributed by atoms with van der Waals surface area (Å²) in [6, 6.07) is 3.48. The second-order valence-electron chi connectivity index (χ2n) is 5.92. The summed E-state index contributed by atoms with van der Waals surface area (Å²) in [6.07, 6.45) is 3.59. The average molecular weight is 313 g/mol. The van der Waals surface area contributed by atoms with Crippen molar-refractivity contribution in [2.75, 3.05) is 0 Å². The van der Waals surface area contributed by atoms with Crippen LogP contribution in [0.2, 0.25) is 5.02 Å². The third-order valence-corrected chi connectivity index (χ3v) is 5.34. The Labute approximate surface area is 127 Å². The maximum atomic E-state index is 13.6. The molecule has 108 valence electrons. The second kappa shape index (κ2) is 5.15. The van der Waals surface area contributed by atoms with E-state index in [0.717, 1.165) is 17.5 Å². The fraction of sp³-hybridized carbons (Fsp3) is 0.533. The van der Waals surface area contributed by atoms with E-state index >= 15 is 0 Å². The van der Waals surface area contributed by atoms with E-state index in [-0.39, 0.29) is 5.02 Å². The highest BCUT2D eigenvalue weighted by Crippen LogP contribution is 2.39. The summed E-state index contributed by atoms with van der Waals surface area (Å²) in [5.41, 5.74) is 1.63. The molecule has 0 aliphatic heterocycles. The third kappa shape index (κ3) is 2.19. The zero-order valence-corrected chi connectivity index (χ0v) is 13.2. The third-order valence-electron chi connectivity index (χ3n) is 4.75. The predicted octanol–water partition coefficient (Wildman–Crippen LogP) is 5.49. The second-order valence-corrected chi connectivity index (χ2v) is 6.71. The van der Waals surface area contributed by atoms with Crippen LogP contribution in [0, 0.1) is 22.4 Å². The van der Waals surface area contributed by atoms with E-state index in [4.69, 9.17) is 23.8 Å². The number of hydrogen-bond donors (Lipinski definition) is 1. The zero-order valence-electron chi connectivity index (χ0n) is 11.6. The number of nitrogens with one attached hydrogen (secondary N) is 1. The van der Waals surface area contributed by atoms with Crippen LogP contribution in [0.15, 0.2) is 12.1 Å². The van der Waals surface area contributed by atoms with Gasteiger partial charge in [0.15, 0.2) is 4.77 Å². The van der Waals surface area contributed by atoms with Gasteiger partial charge in [-0.2, -0.15) is 0 Å². The van der Waals surface area contributed by atoms with E-state index in [1.54, 1.807) is 6.07 Å². The highest BCUT2D eigenvalue weighted by molar-refractivity contribution is 7.71. The first kappa shape index (κ1) is 14.1. The Morgan fingerprint density at radius 1 is 1.35 bits per heavy atom. The lowest BCUT2D eigenvalue weighted by atomic mass is 9.78. The smallest absolute Gasteiger partial charge is 0.178 e. The fourth-order valence-corrected chi connectivity index (χ4v) is 3.87. The molecule has 1 aromatic carbocycles. The van der Waals surface area contributed by atoms with E-state index in [2.05, 4.69) is 23.4 Å². The van der Waals surface area contributed by atoms with Crippen LogP contribution >= 0.6 is 23.8 Å². The topological polar surface area (TPSA) is 20.7 Å². The minimum absolute atomic E-state index is 0.150. The summed E-state index contributed by atoms with van der Waals surface area (Å²) in [4.78, 5) is 3.11. The molecule has 0 bridgehead atoms. The van der Waals surface area contributed by atoms with Crippen LogP contribution in [0.5, 0.6) is 0 Å². The number of hydrogen-bond acceptors (Lipinski definition) is 1. The van der Waals surface area contributed by atoms with Crippen LogP contribution in [-0.2, 0) is 0 Å². The van der Waals surface area contributed by atoms with Gasteiger partial charge < -0.3 is 9.55 Å². The monoisotopic (exact) mass is 312 g/mol. The molecule has 2 aromatic rings. The van der Waals surface area contributed by atoms with Crippen molar-refractivity contribution < 1.29 is 4.39 Å². The van der Waals surface area contributed by atoms with Crippen LogP contribution in [0.4, 0.5) is 4.39 Å². The Bertz CT molecular complexity index is 706.